The minimum atomic E-state index is -0.897. The second-order valence-electron chi connectivity index (χ2n) is 10.6. The molecule has 0 radical (unpaired) electrons. The highest BCUT2D eigenvalue weighted by Crippen LogP contribution is 2.30. The molecule has 2 N–H and O–H groups in total. The van der Waals surface area contributed by atoms with E-state index in [4.69, 9.17) is 9.47 Å². The molecule has 45 heavy (non-hydrogen) atoms. The maximum Gasteiger partial charge on any atom is 0.335 e. The molecule has 14 heteroatoms. The van der Waals surface area contributed by atoms with Crippen molar-refractivity contribution < 1.29 is 27.8 Å². The van der Waals surface area contributed by atoms with E-state index in [9.17, 15) is 23.6 Å². The predicted molar refractivity (Wildman–Crippen MR) is 159 cm³/mol. The van der Waals surface area contributed by atoms with Gasteiger partial charge in [0.1, 0.15) is 22.9 Å². The van der Waals surface area contributed by atoms with E-state index >= 15 is 4.39 Å². The molecular weight excluding hydrogens is 590 g/mol. The maximum atomic E-state index is 15.1. The van der Waals surface area contributed by atoms with Crippen LogP contribution in [0.15, 0.2) is 76.6 Å². The number of morpholine rings is 1. The number of urea groups is 1. The summed E-state index contributed by atoms with van der Waals surface area (Å²) in [5.41, 5.74) is -1.75. The monoisotopic (exact) mass is 618 g/mol. The predicted octanol–water partition coefficient (Wildman–Crippen LogP) is 3.99. The molecule has 1 saturated carbocycles. The average molecular weight is 619 g/mol. The van der Waals surface area contributed by atoms with Gasteiger partial charge in [0.2, 0.25) is 0 Å². The molecule has 0 bridgehead atoms. The molecule has 232 valence electrons. The zero-order valence-electron chi connectivity index (χ0n) is 23.9. The summed E-state index contributed by atoms with van der Waals surface area (Å²) in [5.74, 6) is -1.72. The number of anilines is 2. The van der Waals surface area contributed by atoms with E-state index < -0.39 is 28.8 Å². The molecule has 3 amide bonds. The van der Waals surface area contributed by atoms with Crippen molar-refractivity contribution in [2.24, 2.45) is 5.92 Å². The minimum absolute atomic E-state index is 0.0331. The van der Waals surface area contributed by atoms with Gasteiger partial charge < -0.3 is 19.7 Å². The fourth-order valence-corrected chi connectivity index (χ4v) is 4.77. The highest BCUT2D eigenvalue weighted by molar-refractivity contribution is 6.03. The Kier molecular flexibility index (Phi) is 8.38. The van der Waals surface area contributed by atoms with Gasteiger partial charge in [-0.15, -0.1) is 0 Å². The van der Waals surface area contributed by atoms with E-state index in [-0.39, 0.29) is 46.2 Å². The molecule has 2 aliphatic rings. The lowest BCUT2D eigenvalue weighted by atomic mass is 10.2. The quantitative estimate of drug-likeness (QED) is 0.305. The van der Waals surface area contributed by atoms with Crippen molar-refractivity contribution in [3.63, 3.8) is 0 Å². The number of nitrogens with one attached hydrogen (secondary N) is 2. The van der Waals surface area contributed by atoms with Crippen molar-refractivity contribution in [3.8, 4) is 17.2 Å². The van der Waals surface area contributed by atoms with Gasteiger partial charge >= 0.3 is 11.7 Å². The van der Waals surface area contributed by atoms with Crippen LogP contribution in [-0.4, -0.2) is 57.3 Å². The van der Waals surface area contributed by atoms with Crippen molar-refractivity contribution in [3.05, 3.63) is 105 Å². The van der Waals surface area contributed by atoms with Crippen LogP contribution in [0.5, 0.6) is 11.5 Å². The average Bonchev–Trinajstić information content (AvgIpc) is 3.86. The Labute approximate surface area is 254 Å². The lowest BCUT2D eigenvalue weighted by Gasteiger charge is -2.26. The summed E-state index contributed by atoms with van der Waals surface area (Å²) < 4.78 is 41.6. The van der Waals surface area contributed by atoms with Crippen LogP contribution >= 0.6 is 0 Å². The van der Waals surface area contributed by atoms with Crippen LogP contribution in [0.4, 0.5) is 25.1 Å². The largest absolute Gasteiger partial charge is 0.454 e. The molecule has 6 rings (SSSR count). The van der Waals surface area contributed by atoms with Gasteiger partial charge in [0.15, 0.2) is 11.6 Å². The van der Waals surface area contributed by atoms with Gasteiger partial charge in [-0.3, -0.25) is 19.5 Å². The van der Waals surface area contributed by atoms with E-state index in [0.717, 1.165) is 35.6 Å². The van der Waals surface area contributed by atoms with Crippen LogP contribution in [0.1, 0.15) is 23.2 Å². The second kappa shape index (κ2) is 12.7. The van der Waals surface area contributed by atoms with Crippen LogP contribution in [0.2, 0.25) is 0 Å². The van der Waals surface area contributed by atoms with Gasteiger partial charge in [-0.1, -0.05) is 0 Å². The third-order valence-electron chi connectivity index (χ3n) is 7.32. The third kappa shape index (κ3) is 6.91. The Morgan fingerprint density at radius 1 is 0.978 bits per heavy atom. The molecule has 2 aromatic carbocycles. The molecule has 1 saturated heterocycles. The van der Waals surface area contributed by atoms with Gasteiger partial charge in [-0.25, -0.2) is 27.9 Å². The zero-order valence-corrected chi connectivity index (χ0v) is 23.9. The summed E-state index contributed by atoms with van der Waals surface area (Å²) in [4.78, 5) is 57.9. The topological polar surface area (TPSA) is 137 Å². The molecular formula is C31H28F2N6O6. The Hall–Kier alpha value is -5.37. The number of hydrogen-bond acceptors (Lipinski definition) is 7. The number of halogens is 2. The Bertz CT molecular complexity index is 1870. The number of benzene rings is 2. The molecule has 0 unspecified atom stereocenters. The lowest BCUT2D eigenvalue weighted by molar-refractivity contribution is 0.0564. The molecule has 1 aliphatic heterocycles. The SMILES string of the molecule is O=C(Nc1ccc(Oc2ccnc(NC(=O)N3CCOCC3)c2)c(F)c1)c1cn(CC2CC2)c(=O)n(-c2ccc(F)cc2)c1=O. The first-order chi connectivity index (χ1) is 21.7. The first-order valence-electron chi connectivity index (χ1n) is 14.3. The van der Waals surface area contributed by atoms with Crippen LogP contribution in [0.3, 0.4) is 0 Å². The van der Waals surface area contributed by atoms with Crippen LogP contribution < -0.4 is 26.6 Å². The molecule has 0 atom stereocenters. The standard InChI is InChI=1S/C31H28F2N6O6/c32-20-3-6-22(7-4-20)39-29(41)24(18-38(31(39)43)17-19-1-2-19)28(40)35-21-5-8-26(25(33)15-21)45-23-9-10-34-27(16-23)36-30(42)37-11-13-44-14-12-37/h3-10,15-16,18-19H,1-2,11-14,17H2,(H,35,40)(H,34,36,42). The normalized spacial score (nSPS) is 14.6. The number of amides is 3. The van der Waals surface area contributed by atoms with E-state index in [0.29, 0.717) is 32.8 Å². The summed E-state index contributed by atoms with van der Waals surface area (Å²) in [6.07, 6.45) is 4.44. The Balaban J connectivity index is 1.19. The molecule has 2 aromatic heterocycles. The van der Waals surface area contributed by atoms with Crippen molar-refractivity contribution in [2.45, 2.75) is 19.4 Å². The molecule has 12 nitrogen and oxygen atoms in total. The van der Waals surface area contributed by atoms with Gasteiger partial charge in [-0.2, -0.15) is 0 Å². The summed E-state index contributed by atoms with van der Waals surface area (Å²) in [5, 5.41) is 5.18. The summed E-state index contributed by atoms with van der Waals surface area (Å²) in [7, 11) is 0. The summed E-state index contributed by atoms with van der Waals surface area (Å²) >= 11 is 0. The number of pyridine rings is 1. The number of carbonyl (C=O) groups is 2. The Morgan fingerprint density at radius 3 is 2.44 bits per heavy atom. The summed E-state index contributed by atoms with van der Waals surface area (Å²) in [6.45, 7) is 2.10. The van der Waals surface area contributed by atoms with Crippen LogP contribution in [0, 0.1) is 17.6 Å². The molecule has 1 aliphatic carbocycles. The van der Waals surface area contributed by atoms with Crippen LogP contribution in [-0.2, 0) is 11.3 Å². The van der Waals surface area contributed by atoms with Gasteiger partial charge in [0.25, 0.3) is 11.5 Å². The first kappa shape index (κ1) is 29.7. The maximum absolute atomic E-state index is 15.1. The lowest BCUT2D eigenvalue weighted by Crippen LogP contribution is -2.43. The summed E-state index contributed by atoms with van der Waals surface area (Å²) in [6, 6.07) is 11.1. The molecule has 4 aromatic rings. The second-order valence-corrected chi connectivity index (χ2v) is 10.6. The number of carbonyl (C=O) groups excluding carboxylic acids is 2. The smallest absolute Gasteiger partial charge is 0.335 e. The zero-order chi connectivity index (χ0) is 31.5. The van der Waals surface area contributed by atoms with Gasteiger partial charge in [0, 0.05) is 49.8 Å². The highest BCUT2D eigenvalue weighted by atomic mass is 19.1. The van der Waals surface area contributed by atoms with Crippen molar-refractivity contribution in [2.75, 3.05) is 36.9 Å². The minimum Gasteiger partial charge on any atom is -0.454 e. The van der Waals surface area contributed by atoms with Crippen LogP contribution in [0.25, 0.3) is 5.69 Å². The molecule has 2 fully saturated rings. The van der Waals surface area contributed by atoms with E-state index in [1.165, 1.54) is 53.4 Å². The number of rotatable bonds is 8. The number of ether oxygens (including phenoxy) is 2. The fraction of sp³-hybridized carbons (Fsp3) is 0.258. The van der Waals surface area contributed by atoms with E-state index in [2.05, 4.69) is 15.6 Å². The first-order valence-corrected chi connectivity index (χ1v) is 14.3. The van der Waals surface area contributed by atoms with Crippen molar-refractivity contribution >= 4 is 23.4 Å². The Morgan fingerprint density at radius 2 is 1.73 bits per heavy atom. The number of hydrogen-bond donors (Lipinski definition) is 2. The number of aromatic nitrogens is 3. The van der Waals surface area contributed by atoms with Gasteiger partial charge in [-0.05, 0) is 61.2 Å². The van der Waals surface area contributed by atoms with E-state index in [1.54, 1.807) is 4.90 Å². The fourth-order valence-electron chi connectivity index (χ4n) is 4.77. The molecule has 3 heterocycles. The van der Waals surface area contributed by atoms with Crippen molar-refractivity contribution in [1.29, 1.82) is 0 Å². The highest BCUT2D eigenvalue weighted by Gasteiger charge is 2.25. The number of nitrogens with zero attached hydrogens (tertiary/aromatic N) is 4. The van der Waals surface area contributed by atoms with Gasteiger partial charge in [0.05, 0.1) is 18.9 Å². The third-order valence-corrected chi connectivity index (χ3v) is 7.32. The van der Waals surface area contributed by atoms with Crippen molar-refractivity contribution in [1.82, 2.24) is 19.0 Å². The molecule has 0 spiro atoms. The van der Waals surface area contributed by atoms with E-state index in [1.807, 2.05) is 0 Å².